The third kappa shape index (κ3) is 3.63. The van der Waals surface area contributed by atoms with Crippen LogP contribution in [-0.2, 0) is 11.3 Å². The molecule has 0 aliphatic rings. The minimum absolute atomic E-state index is 0.0536. The van der Waals surface area contributed by atoms with Gasteiger partial charge in [-0.2, -0.15) is 0 Å². The van der Waals surface area contributed by atoms with Gasteiger partial charge in [0.15, 0.2) is 5.78 Å². The van der Waals surface area contributed by atoms with Gasteiger partial charge in [-0.3, -0.25) is 19.0 Å². The highest BCUT2D eigenvalue weighted by Gasteiger charge is 2.19. The molecule has 1 amide bonds. The smallest absolute Gasteiger partial charge is 0.346 e. The summed E-state index contributed by atoms with van der Waals surface area (Å²) >= 11 is 0.924. The van der Waals surface area contributed by atoms with Crippen LogP contribution in [0.5, 0.6) is 0 Å². The number of Topliss-reactive ketones (excluding diaryl/α,β-unsaturated/α-hetero) is 1. The van der Waals surface area contributed by atoms with Gasteiger partial charge in [-0.25, -0.2) is 9.78 Å². The Balaban J connectivity index is 1.87. The maximum atomic E-state index is 12.6. The lowest BCUT2D eigenvalue weighted by molar-refractivity contribution is -0.116. The summed E-state index contributed by atoms with van der Waals surface area (Å²) in [5.41, 5.74) is 0.760. The first-order chi connectivity index (χ1) is 12.8. The Bertz CT molecular complexity index is 1150. The van der Waals surface area contributed by atoms with E-state index in [4.69, 9.17) is 0 Å². The van der Waals surface area contributed by atoms with Crippen molar-refractivity contribution < 1.29 is 19.5 Å². The molecule has 9 heteroatoms. The highest BCUT2D eigenvalue weighted by molar-refractivity contribution is 7.20. The first-order valence-corrected chi connectivity index (χ1v) is 8.72. The van der Waals surface area contributed by atoms with Gasteiger partial charge in [-0.05, 0) is 31.5 Å². The number of aromatic carboxylic acids is 1. The van der Waals surface area contributed by atoms with Crippen molar-refractivity contribution in [3.63, 3.8) is 0 Å². The average Bonchev–Trinajstić information content (AvgIpc) is 2.95. The Kier molecular flexibility index (Phi) is 4.87. The zero-order valence-corrected chi connectivity index (χ0v) is 15.3. The molecule has 0 bridgehead atoms. The second-order valence-electron chi connectivity index (χ2n) is 5.90. The van der Waals surface area contributed by atoms with Crippen molar-refractivity contribution in [3.8, 4) is 0 Å². The first-order valence-electron chi connectivity index (χ1n) is 7.90. The second-order valence-corrected chi connectivity index (χ2v) is 6.90. The van der Waals surface area contributed by atoms with E-state index >= 15 is 0 Å². The quantitative estimate of drug-likeness (QED) is 0.651. The van der Waals surface area contributed by atoms with E-state index in [-0.39, 0.29) is 22.6 Å². The van der Waals surface area contributed by atoms with Gasteiger partial charge >= 0.3 is 5.97 Å². The SMILES string of the molecule is CC(=O)c1cccc(NC(=O)Cn2cnc3sc(C(=O)O)c(C)c3c2=O)c1. The highest BCUT2D eigenvalue weighted by atomic mass is 32.1. The van der Waals surface area contributed by atoms with E-state index in [1.54, 1.807) is 31.2 Å². The van der Waals surface area contributed by atoms with E-state index in [1.807, 2.05) is 0 Å². The number of fused-ring (bicyclic) bond motifs is 1. The van der Waals surface area contributed by atoms with Gasteiger partial charge in [-0.1, -0.05) is 12.1 Å². The standard InChI is InChI=1S/C18H15N3O5S/c1-9-14-16(27-15(9)18(25)26)19-8-21(17(14)24)7-13(23)20-12-5-3-4-11(6-12)10(2)22/h3-6,8H,7H2,1-2H3,(H,20,23)(H,25,26). The predicted molar refractivity (Wildman–Crippen MR) is 101 cm³/mol. The molecule has 0 radical (unpaired) electrons. The molecule has 0 atom stereocenters. The van der Waals surface area contributed by atoms with Crippen molar-refractivity contribution >= 4 is 44.9 Å². The summed E-state index contributed by atoms with van der Waals surface area (Å²) in [5, 5.41) is 12.0. The van der Waals surface area contributed by atoms with Crippen LogP contribution in [0.3, 0.4) is 0 Å². The maximum absolute atomic E-state index is 12.6. The predicted octanol–water partition coefficient (Wildman–Crippen LogP) is 2.31. The lowest BCUT2D eigenvalue weighted by Gasteiger charge is -2.08. The molecule has 3 rings (SSSR count). The largest absolute Gasteiger partial charge is 0.477 e. The molecule has 0 fully saturated rings. The Hall–Kier alpha value is -3.33. The van der Waals surface area contributed by atoms with Crippen LogP contribution in [0.1, 0.15) is 32.5 Å². The minimum Gasteiger partial charge on any atom is -0.477 e. The molecule has 0 aliphatic carbocycles. The molecule has 138 valence electrons. The fraction of sp³-hybridized carbons (Fsp3) is 0.167. The summed E-state index contributed by atoms with van der Waals surface area (Å²) in [7, 11) is 0. The lowest BCUT2D eigenvalue weighted by atomic mass is 10.1. The van der Waals surface area contributed by atoms with E-state index in [0.717, 1.165) is 15.9 Å². The van der Waals surface area contributed by atoms with Crippen molar-refractivity contribution in [2.75, 3.05) is 5.32 Å². The van der Waals surface area contributed by atoms with Crippen LogP contribution in [0, 0.1) is 6.92 Å². The van der Waals surface area contributed by atoms with E-state index in [1.165, 1.54) is 13.3 Å². The summed E-state index contributed by atoms with van der Waals surface area (Å²) in [6, 6.07) is 6.47. The fourth-order valence-corrected chi connectivity index (χ4v) is 3.63. The zero-order valence-electron chi connectivity index (χ0n) is 14.5. The van der Waals surface area contributed by atoms with Gasteiger partial charge in [0.1, 0.15) is 16.3 Å². The normalized spacial score (nSPS) is 10.7. The van der Waals surface area contributed by atoms with Crippen LogP contribution in [0.15, 0.2) is 35.4 Å². The van der Waals surface area contributed by atoms with E-state index in [0.29, 0.717) is 21.6 Å². The number of aryl methyl sites for hydroxylation is 1. The Morgan fingerprint density at radius 3 is 2.70 bits per heavy atom. The van der Waals surface area contributed by atoms with Crippen LogP contribution < -0.4 is 10.9 Å². The van der Waals surface area contributed by atoms with Crippen molar-refractivity contribution in [1.29, 1.82) is 0 Å². The number of thiophene rings is 1. The number of ketones is 1. The van der Waals surface area contributed by atoms with Crippen LogP contribution in [0.2, 0.25) is 0 Å². The Labute approximate surface area is 157 Å². The van der Waals surface area contributed by atoms with Crippen molar-refractivity contribution in [2.45, 2.75) is 20.4 Å². The molecule has 2 aromatic heterocycles. The Morgan fingerprint density at radius 2 is 2.04 bits per heavy atom. The summed E-state index contributed by atoms with van der Waals surface area (Å²) in [5.74, 6) is -1.71. The number of carboxylic acids is 1. The molecule has 2 heterocycles. The van der Waals surface area contributed by atoms with Gasteiger partial charge in [0.2, 0.25) is 5.91 Å². The fourth-order valence-electron chi connectivity index (χ4n) is 2.65. The number of benzene rings is 1. The van der Waals surface area contributed by atoms with Crippen LogP contribution in [-0.4, -0.2) is 32.3 Å². The van der Waals surface area contributed by atoms with Gasteiger partial charge in [0.25, 0.3) is 5.56 Å². The van der Waals surface area contributed by atoms with Gasteiger partial charge in [-0.15, -0.1) is 11.3 Å². The van der Waals surface area contributed by atoms with E-state index in [2.05, 4.69) is 10.3 Å². The first kappa shape index (κ1) is 18.5. The molecule has 1 aromatic carbocycles. The van der Waals surface area contributed by atoms with Gasteiger partial charge in [0.05, 0.1) is 11.7 Å². The number of carboxylic acid groups (broad SMARTS) is 1. The number of nitrogens with zero attached hydrogens (tertiary/aromatic N) is 2. The summed E-state index contributed by atoms with van der Waals surface area (Å²) in [6.07, 6.45) is 1.22. The van der Waals surface area contributed by atoms with Crippen LogP contribution in [0.25, 0.3) is 10.2 Å². The number of rotatable bonds is 5. The molecule has 3 aromatic rings. The van der Waals surface area contributed by atoms with Crippen LogP contribution in [0.4, 0.5) is 5.69 Å². The maximum Gasteiger partial charge on any atom is 0.346 e. The van der Waals surface area contributed by atoms with Crippen molar-refractivity contribution in [2.24, 2.45) is 0 Å². The number of aromatic nitrogens is 2. The molecule has 0 unspecified atom stereocenters. The molecule has 0 saturated heterocycles. The minimum atomic E-state index is -1.12. The Morgan fingerprint density at radius 1 is 1.30 bits per heavy atom. The van der Waals surface area contributed by atoms with Crippen molar-refractivity contribution in [3.05, 3.63) is 57.0 Å². The average molecular weight is 385 g/mol. The van der Waals surface area contributed by atoms with E-state index < -0.39 is 17.4 Å². The number of hydrogen-bond acceptors (Lipinski definition) is 6. The second kappa shape index (κ2) is 7.12. The molecule has 2 N–H and O–H groups in total. The molecule has 27 heavy (non-hydrogen) atoms. The topological polar surface area (TPSA) is 118 Å². The van der Waals surface area contributed by atoms with Crippen molar-refractivity contribution in [1.82, 2.24) is 9.55 Å². The number of amides is 1. The third-order valence-corrected chi connectivity index (χ3v) is 5.17. The summed E-state index contributed by atoms with van der Waals surface area (Å²) in [6.45, 7) is 2.68. The van der Waals surface area contributed by atoms with Gasteiger partial charge < -0.3 is 10.4 Å². The number of carbonyl (C=O) groups is 3. The number of anilines is 1. The highest BCUT2D eigenvalue weighted by Crippen LogP contribution is 2.26. The van der Waals surface area contributed by atoms with E-state index in [9.17, 15) is 24.3 Å². The molecule has 8 nitrogen and oxygen atoms in total. The lowest BCUT2D eigenvalue weighted by Crippen LogP contribution is -2.28. The van der Waals surface area contributed by atoms with Gasteiger partial charge in [0, 0.05) is 11.3 Å². The monoisotopic (exact) mass is 385 g/mol. The number of hydrogen-bond donors (Lipinski definition) is 2. The summed E-state index contributed by atoms with van der Waals surface area (Å²) in [4.78, 5) is 52.0. The number of carbonyl (C=O) groups excluding carboxylic acids is 2. The van der Waals surface area contributed by atoms with Crippen LogP contribution >= 0.6 is 11.3 Å². The third-order valence-electron chi connectivity index (χ3n) is 3.98. The number of nitrogens with one attached hydrogen (secondary N) is 1. The zero-order chi connectivity index (χ0) is 19.7. The molecular weight excluding hydrogens is 370 g/mol. The molecule has 0 spiro atoms. The summed E-state index contributed by atoms with van der Waals surface area (Å²) < 4.78 is 1.12. The molecular formula is C18H15N3O5S. The molecule has 0 aliphatic heterocycles. The molecule has 0 saturated carbocycles.